The molecule has 0 aliphatic rings. The van der Waals surface area contributed by atoms with Crippen LogP contribution in [0.1, 0.15) is 16.7 Å². The molecule has 0 aliphatic heterocycles. The van der Waals surface area contributed by atoms with E-state index in [-0.39, 0.29) is 10.8 Å². The second-order valence-electron chi connectivity index (χ2n) is 7.03. The molecule has 0 atom stereocenters. The third kappa shape index (κ3) is 6.35. The van der Waals surface area contributed by atoms with Crippen LogP contribution in [0.15, 0.2) is 76.1 Å². The van der Waals surface area contributed by atoms with Gasteiger partial charge in [0.15, 0.2) is 0 Å². The van der Waals surface area contributed by atoms with E-state index >= 15 is 0 Å². The normalized spacial score (nSPS) is 11.2. The van der Waals surface area contributed by atoms with Crippen LogP contribution in [0.25, 0.3) is 0 Å². The molecule has 2 N–H and O–H groups in total. The van der Waals surface area contributed by atoms with E-state index in [9.17, 15) is 13.2 Å². The highest BCUT2D eigenvalue weighted by Gasteiger charge is 2.16. The van der Waals surface area contributed by atoms with E-state index in [4.69, 9.17) is 0 Å². The van der Waals surface area contributed by atoms with Crippen molar-refractivity contribution in [2.45, 2.75) is 24.5 Å². The fourth-order valence-corrected chi connectivity index (χ4v) is 5.60. The highest BCUT2D eigenvalue weighted by atomic mass is 79.9. The third-order valence-corrected chi connectivity index (χ3v) is 7.74. The smallest absolute Gasteiger partial charge is 0.261 e. The third-order valence-electron chi connectivity index (χ3n) is 4.61. The van der Waals surface area contributed by atoms with Crippen LogP contribution in [0.3, 0.4) is 0 Å². The highest BCUT2D eigenvalue weighted by Crippen LogP contribution is 2.24. The number of thioether (sulfide) groups is 1. The average Bonchev–Trinajstić information content (AvgIpc) is 2.73. The minimum absolute atomic E-state index is 0.136. The van der Waals surface area contributed by atoms with Gasteiger partial charge in [-0.05, 0) is 60.9 Å². The molecule has 1 amide bonds. The first-order chi connectivity index (χ1) is 14.8. The molecule has 0 bridgehead atoms. The summed E-state index contributed by atoms with van der Waals surface area (Å²) in [4.78, 5) is 12.3. The Balaban J connectivity index is 1.58. The number of aryl methyl sites for hydroxylation is 2. The lowest BCUT2D eigenvalue weighted by molar-refractivity contribution is -0.113. The van der Waals surface area contributed by atoms with Crippen molar-refractivity contribution in [3.05, 3.63) is 87.9 Å². The van der Waals surface area contributed by atoms with Crippen molar-refractivity contribution in [1.29, 1.82) is 0 Å². The molecule has 0 spiro atoms. The zero-order valence-electron chi connectivity index (χ0n) is 17.2. The zero-order valence-corrected chi connectivity index (χ0v) is 20.4. The Kier molecular flexibility index (Phi) is 7.80. The van der Waals surface area contributed by atoms with Crippen molar-refractivity contribution in [3.8, 4) is 0 Å². The summed E-state index contributed by atoms with van der Waals surface area (Å²) >= 11 is 5.01. The predicted octanol–water partition coefficient (Wildman–Crippen LogP) is 5.74. The van der Waals surface area contributed by atoms with Crippen LogP contribution in [-0.4, -0.2) is 20.1 Å². The topological polar surface area (TPSA) is 75.3 Å². The first-order valence-corrected chi connectivity index (χ1v) is 13.0. The van der Waals surface area contributed by atoms with Crippen molar-refractivity contribution >= 4 is 55.0 Å². The summed E-state index contributed by atoms with van der Waals surface area (Å²) in [5, 5.41) is 2.80. The average molecular weight is 519 g/mol. The maximum absolute atomic E-state index is 12.7. The molecule has 0 aliphatic carbocycles. The number of carbonyl (C=O) groups is 1. The number of nitrogens with one attached hydrogen (secondary N) is 2. The molecule has 0 heterocycles. The molecule has 3 aromatic carbocycles. The molecular formula is C23H23BrN2O3S2. The molecule has 31 heavy (non-hydrogen) atoms. The summed E-state index contributed by atoms with van der Waals surface area (Å²) in [7, 11) is -3.72. The molecule has 0 aromatic heterocycles. The zero-order chi connectivity index (χ0) is 22.4. The van der Waals surface area contributed by atoms with Crippen LogP contribution < -0.4 is 10.0 Å². The van der Waals surface area contributed by atoms with Gasteiger partial charge in [0.2, 0.25) is 5.91 Å². The summed E-state index contributed by atoms with van der Waals surface area (Å²) in [6, 6.07) is 19.7. The van der Waals surface area contributed by atoms with Gasteiger partial charge < -0.3 is 5.32 Å². The first-order valence-electron chi connectivity index (χ1n) is 9.56. The maximum Gasteiger partial charge on any atom is 0.261 e. The largest absolute Gasteiger partial charge is 0.325 e. The number of para-hydroxylation sites is 1. The van der Waals surface area contributed by atoms with E-state index in [0.717, 1.165) is 26.9 Å². The summed E-state index contributed by atoms with van der Waals surface area (Å²) in [5.41, 5.74) is 3.98. The van der Waals surface area contributed by atoms with Crippen molar-refractivity contribution in [1.82, 2.24) is 0 Å². The lowest BCUT2D eigenvalue weighted by Gasteiger charge is -2.13. The Morgan fingerprint density at radius 1 is 0.935 bits per heavy atom. The fourth-order valence-electron chi connectivity index (χ4n) is 2.95. The molecule has 0 saturated heterocycles. The van der Waals surface area contributed by atoms with E-state index in [1.54, 1.807) is 12.1 Å². The Hall–Kier alpha value is -2.29. The first kappa shape index (κ1) is 23.4. The van der Waals surface area contributed by atoms with E-state index in [1.807, 2.05) is 56.3 Å². The van der Waals surface area contributed by atoms with Gasteiger partial charge in [-0.2, -0.15) is 0 Å². The van der Waals surface area contributed by atoms with Crippen LogP contribution >= 0.6 is 27.7 Å². The van der Waals surface area contributed by atoms with Gasteiger partial charge in [0.25, 0.3) is 10.0 Å². The molecule has 0 fully saturated rings. The number of amides is 1. The lowest BCUT2D eigenvalue weighted by Crippen LogP contribution is -2.16. The van der Waals surface area contributed by atoms with Crippen molar-refractivity contribution in [2.75, 3.05) is 15.8 Å². The molecule has 0 saturated carbocycles. The fraction of sp³-hybridized carbons (Fsp3) is 0.174. The number of benzene rings is 3. The monoisotopic (exact) mass is 518 g/mol. The van der Waals surface area contributed by atoms with Crippen LogP contribution in [0.5, 0.6) is 0 Å². The minimum Gasteiger partial charge on any atom is -0.325 e. The van der Waals surface area contributed by atoms with E-state index in [2.05, 4.69) is 26.0 Å². The Morgan fingerprint density at radius 2 is 1.58 bits per heavy atom. The van der Waals surface area contributed by atoms with E-state index in [0.29, 0.717) is 17.1 Å². The molecule has 5 nitrogen and oxygen atoms in total. The number of hydrogen-bond donors (Lipinski definition) is 2. The molecule has 3 aromatic rings. The van der Waals surface area contributed by atoms with Crippen LogP contribution in [0, 0.1) is 13.8 Å². The Bertz CT molecular complexity index is 1160. The number of sulfonamides is 1. The van der Waals surface area contributed by atoms with Gasteiger partial charge in [-0.3, -0.25) is 9.52 Å². The van der Waals surface area contributed by atoms with Crippen molar-refractivity contribution in [3.63, 3.8) is 0 Å². The Labute approximate surface area is 195 Å². The summed E-state index contributed by atoms with van der Waals surface area (Å²) in [5.74, 6) is 0.882. The van der Waals surface area contributed by atoms with Gasteiger partial charge in [0.1, 0.15) is 0 Å². The molecule has 8 heteroatoms. The van der Waals surface area contributed by atoms with E-state index in [1.165, 1.54) is 23.9 Å². The van der Waals surface area contributed by atoms with Gasteiger partial charge in [-0.15, -0.1) is 11.8 Å². The molecular weight excluding hydrogens is 496 g/mol. The van der Waals surface area contributed by atoms with Gasteiger partial charge in [0, 0.05) is 15.9 Å². The lowest BCUT2D eigenvalue weighted by atomic mass is 10.1. The summed E-state index contributed by atoms with van der Waals surface area (Å²) in [6.07, 6.45) is 0. The number of halogens is 1. The van der Waals surface area contributed by atoms with Crippen LogP contribution in [-0.2, 0) is 20.6 Å². The van der Waals surface area contributed by atoms with Crippen LogP contribution in [0.4, 0.5) is 11.4 Å². The molecule has 162 valence electrons. The minimum atomic E-state index is -3.72. The molecule has 0 unspecified atom stereocenters. The van der Waals surface area contributed by atoms with Crippen molar-refractivity contribution in [2.24, 2.45) is 0 Å². The van der Waals surface area contributed by atoms with Crippen molar-refractivity contribution < 1.29 is 13.2 Å². The molecule has 3 rings (SSSR count). The Morgan fingerprint density at radius 3 is 2.23 bits per heavy atom. The van der Waals surface area contributed by atoms with Gasteiger partial charge in [0.05, 0.1) is 16.3 Å². The summed E-state index contributed by atoms with van der Waals surface area (Å²) in [6.45, 7) is 3.72. The second kappa shape index (κ2) is 10.3. The number of anilines is 2. The van der Waals surface area contributed by atoms with Gasteiger partial charge in [-0.25, -0.2) is 8.42 Å². The highest BCUT2D eigenvalue weighted by molar-refractivity contribution is 9.10. The quantitative estimate of drug-likeness (QED) is 0.398. The van der Waals surface area contributed by atoms with Gasteiger partial charge >= 0.3 is 0 Å². The number of hydrogen-bond acceptors (Lipinski definition) is 4. The standard InChI is InChI=1S/C23H23BrN2O3S2/c1-16-6-5-7-17(2)23(16)26-31(28,29)20-12-10-19(11-13-20)25-22(27)15-30-14-18-8-3-4-9-21(18)24/h3-13,26H,14-15H2,1-2H3,(H,25,27). The molecule has 0 radical (unpaired) electrons. The number of carbonyl (C=O) groups excluding carboxylic acids is 1. The summed E-state index contributed by atoms with van der Waals surface area (Å²) < 4.78 is 29.2. The SMILES string of the molecule is Cc1cccc(C)c1NS(=O)(=O)c1ccc(NC(=O)CSCc2ccccc2Br)cc1. The maximum atomic E-state index is 12.7. The number of rotatable bonds is 8. The second-order valence-corrected chi connectivity index (χ2v) is 10.6. The van der Waals surface area contributed by atoms with Gasteiger partial charge in [-0.1, -0.05) is 52.3 Å². The van der Waals surface area contributed by atoms with Crippen LogP contribution in [0.2, 0.25) is 0 Å². The predicted molar refractivity (Wildman–Crippen MR) is 132 cm³/mol. The van der Waals surface area contributed by atoms with E-state index < -0.39 is 10.0 Å².